The van der Waals surface area contributed by atoms with Crippen molar-refractivity contribution in [3.8, 4) is 0 Å². The molecule has 0 saturated heterocycles. The lowest BCUT2D eigenvalue weighted by Gasteiger charge is -2.08. The highest BCUT2D eigenvalue weighted by atomic mass is 16.1. The van der Waals surface area contributed by atoms with Gasteiger partial charge in [-0.2, -0.15) is 0 Å². The number of rotatable bonds is 4. The van der Waals surface area contributed by atoms with Crippen molar-refractivity contribution in [3.05, 3.63) is 95.3 Å². The van der Waals surface area contributed by atoms with Crippen molar-refractivity contribution in [1.29, 1.82) is 0 Å². The second-order valence-corrected chi connectivity index (χ2v) is 6.75. The average molecular weight is 355 g/mol. The van der Waals surface area contributed by atoms with Crippen LogP contribution >= 0.6 is 0 Å². The molecule has 4 rings (SSSR count). The van der Waals surface area contributed by atoms with E-state index in [1.165, 1.54) is 5.56 Å². The minimum Gasteiger partial charge on any atom is -0.324 e. The molecule has 0 unspecified atom stereocenters. The van der Waals surface area contributed by atoms with Crippen LogP contribution in [0.25, 0.3) is 11.0 Å². The second-order valence-electron chi connectivity index (χ2n) is 6.75. The predicted molar refractivity (Wildman–Crippen MR) is 109 cm³/mol. The minimum absolute atomic E-state index is 0.116. The number of benzene rings is 3. The Balaban J connectivity index is 1.59. The molecule has 0 saturated carbocycles. The molecular weight excluding hydrogens is 334 g/mol. The van der Waals surface area contributed by atoms with E-state index in [1.807, 2.05) is 74.5 Å². The van der Waals surface area contributed by atoms with Crippen LogP contribution in [0, 0.1) is 13.8 Å². The van der Waals surface area contributed by atoms with Crippen LogP contribution in [0.3, 0.4) is 0 Å². The number of hydrogen-bond acceptors (Lipinski definition) is 2. The van der Waals surface area contributed by atoms with Crippen molar-refractivity contribution < 1.29 is 4.79 Å². The second kappa shape index (κ2) is 7.08. The zero-order valence-corrected chi connectivity index (χ0v) is 15.4. The zero-order chi connectivity index (χ0) is 18.8. The average Bonchev–Trinajstić information content (AvgIpc) is 2.98. The predicted octanol–water partition coefficient (Wildman–Crippen LogP) is 4.95. The third-order valence-electron chi connectivity index (χ3n) is 4.69. The quantitative estimate of drug-likeness (QED) is 0.563. The van der Waals surface area contributed by atoms with Gasteiger partial charge in [-0.25, -0.2) is 4.98 Å². The van der Waals surface area contributed by atoms with E-state index in [2.05, 4.69) is 27.0 Å². The van der Waals surface area contributed by atoms with E-state index in [9.17, 15) is 4.79 Å². The van der Waals surface area contributed by atoms with Crippen LogP contribution < -0.4 is 5.32 Å². The molecule has 0 aliphatic heterocycles. The van der Waals surface area contributed by atoms with Gasteiger partial charge < -0.3 is 9.88 Å². The Morgan fingerprint density at radius 2 is 1.70 bits per heavy atom. The lowest BCUT2D eigenvalue weighted by molar-refractivity contribution is 0.102. The van der Waals surface area contributed by atoms with Gasteiger partial charge in [-0.15, -0.1) is 0 Å². The monoisotopic (exact) mass is 355 g/mol. The van der Waals surface area contributed by atoms with Crippen molar-refractivity contribution in [1.82, 2.24) is 9.55 Å². The lowest BCUT2D eigenvalue weighted by Crippen LogP contribution is -2.11. The molecule has 0 fully saturated rings. The first kappa shape index (κ1) is 17.0. The fourth-order valence-corrected chi connectivity index (χ4v) is 3.20. The van der Waals surface area contributed by atoms with Gasteiger partial charge in [0.05, 0.1) is 11.0 Å². The first-order valence-electron chi connectivity index (χ1n) is 8.99. The number of carbonyl (C=O) groups is 1. The molecule has 1 amide bonds. The van der Waals surface area contributed by atoms with Crippen molar-refractivity contribution in [2.24, 2.45) is 0 Å². The van der Waals surface area contributed by atoms with Gasteiger partial charge in [0.25, 0.3) is 5.91 Å². The summed E-state index contributed by atoms with van der Waals surface area (Å²) in [4.78, 5) is 17.1. The van der Waals surface area contributed by atoms with E-state index in [4.69, 9.17) is 0 Å². The summed E-state index contributed by atoms with van der Waals surface area (Å²) in [6.45, 7) is 4.79. The molecule has 134 valence electrons. The van der Waals surface area contributed by atoms with E-state index < -0.39 is 0 Å². The van der Waals surface area contributed by atoms with Gasteiger partial charge in [0, 0.05) is 17.8 Å². The van der Waals surface area contributed by atoms with Gasteiger partial charge in [0.1, 0.15) is 5.82 Å². The smallest absolute Gasteiger partial charge is 0.255 e. The first-order chi connectivity index (χ1) is 13.1. The fraction of sp³-hybridized carbons (Fsp3) is 0.130. The van der Waals surface area contributed by atoms with Crippen LogP contribution in [-0.4, -0.2) is 15.5 Å². The normalized spacial score (nSPS) is 10.9. The molecule has 3 aromatic carbocycles. The summed E-state index contributed by atoms with van der Waals surface area (Å²) in [5.74, 6) is 0.839. The number of amides is 1. The Morgan fingerprint density at radius 1 is 0.963 bits per heavy atom. The Hall–Kier alpha value is -3.40. The van der Waals surface area contributed by atoms with E-state index in [-0.39, 0.29) is 5.91 Å². The van der Waals surface area contributed by atoms with Crippen molar-refractivity contribution in [3.63, 3.8) is 0 Å². The molecule has 0 bridgehead atoms. The number of nitrogens with one attached hydrogen (secondary N) is 1. The van der Waals surface area contributed by atoms with Crippen LogP contribution in [0.5, 0.6) is 0 Å². The molecule has 0 radical (unpaired) electrons. The Morgan fingerprint density at radius 3 is 2.44 bits per heavy atom. The molecule has 1 heterocycles. The number of anilines is 1. The van der Waals surface area contributed by atoms with Gasteiger partial charge in [-0.1, -0.05) is 48.0 Å². The Kier molecular flexibility index (Phi) is 4.47. The summed E-state index contributed by atoms with van der Waals surface area (Å²) in [7, 11) is 0. The maximum atomic E-state index is 12.4. The molecule has 1 aromatic heterocycles. The third-order valence-corrected chi connectivity index (χ3v) is 4.69. The first-order valence-corrected chi connectivity index (χ1v) is 8.99. The largest absolute Gasteiger partial charge is 0.324 e. The summed E-state index contributed by atoms with van der Waals surface area (Å²) in [6, 6.07) is 23.7. The van der Waals surface area contributed by atoms with E-state index in [0.29, 0.717) is 5.56 Å². The molecule has 4 nitrogen and oxygen atoms in total. The summed E-state index contributed by atoms with van der Waals surface area (Å²) in [6.07, 6.45) is 0. The summed E-state index contributed by atoms with van der Waals surface area (Å²) < 4.78 is 2.19. The van der Waals surface area contributed by atoms with Gasteiger partial charge in [-0.05, 0) is 49.7 Å². The topological polar surface area (TPSA) is 46.9 Å². The van der Waals surface area contributed by atoms with Crippen LogP contribution in [0.2, 0.25) is 0 Å². The highest BCUT2D eigenvalue weighted by Crippen LogP contribution is 2.22. The number of hydrogen-bond donors (Lipinski definition) is 1. The molecule has 4 heteroatoms. The number of imidazole rings is 1. The van der Waals surface area contributed by atoms with Crippen LogP contribution in [0.4, 0.5) is 5.69 Å². The Labute approximate surface area is 158 Å². The molecule has 4 aromatic rings. The number of aryl methyl sites for hydroxylation is 2. The fourth-order valence-electron chi connectivity index (χ4n) is 3.20. The van der Waals surface area contributed by atoms with Crippen LogP contribution in [0.15, 0.2) is 72.8 Å². The van der Waals surface area contributed by atoms with Gasteiger partial charge in [0.15, 0.2) is 0 Å². The van der Waals surface area contributed by atoms with Crippen LogP contribution in [-0.2, 0) is 6.54 Å². The van der Waals surface area contributed by atoms with Crippen LogP contribution in [0.1, 0.15) is 27.3 Å². The molecule has 0 atom stereocenters. The molecule has 0 spiro atoms. The number of carbonyl (C=O) groups excluding carboxylic acids is 1. The number of nitrogens with zero attached hydrogens (tertiary/aromatic N) is 2. The molecular formula is C23H21N3O. The van der Waals surface area contributed by atoms with E-state index >= 15 is 0 Å². The van der Waals surface area contributed by atoms with E-state index in [0.717, 1.165) is 34.7 Å². The maximum Gasteiger partial charge on any atom is 0.255 e. The van der Waals surface area contributed by atoms with Gasteiger partial charge >= 0.3 is 0 Å². The standard InChI is InChI=1S/C23H21N3O/c1-16-8-10-19(11-9-16)23(27)25-20-12-13-22-21(14-20)24-17(2)26(22)15-18-6-4-3-5-7-18/h3-14H,15H2,1-2H3,(H,25,27). The summed E-state index contributed by atoms with van der Waals surface area (Å²) >= 11 is 0. The van der Waals surface area contributed by atoms with Crippen molar-refractivity contribution in [2.75, 3.05) is 5.32 Å². The highest BCUT2D eigenvalue weighted by Gasteiger charge is 2.11. The summed E-state index contributed by atoms with van der Waals surface area (Å²) in [5.41, 5.74) is 5.70. The van der Waals surface area contributed by atoms with Gasteiger partial charge in [-0.3, -0.25) is 4.79 Å². The third kappa shape index (κ3) is 3.60. The zero-order valence-electron chi connectivity index (χ0n) is 15.4. The molecule has 1 N–H and O–H groups in total. The summed E-state index contributed by atoms with van der Waals surface area (Å²) in [5, 5.41) is 2.96. The van der Waals surface area contributed by atoms with E-state index in [1.54, 1.807) is 0 Å². The minimum atomic E-state index is -0.116. The lowest BCUT2D eigenvalue weighted by atomic mass is 10.1. The molecule has 0 aliphatic rings. The number of fused-ring (bicyclic) bond motifs is 1. The van der Waals surface area contributed by atoms with Crippen molar-refractivity contribution in [2.45, 2.75) is 20.4 Å². The SMILES string of the molecule is Cc1ccc(C(=O)Nc2ccc3c(c2)nc(C)n3Cc2ccccc2)cc1. The van der Waals surface area contributed by atoms with Crippen molar-refractivity contribution >= 4 is 22.6 Å². The van der Waals surface area contributed by atoms with Gasteiger partial charge in [0.2, 0.25) is 0 Å². The molecule has 0 aliphatic carbocycles. The Bertz CT molecular complexity index is 1100. The maximum absolute atomic E-state index is 12.4. The molecule has 27 heavy (non-hydrogen) atoms. The number of aromatic nitrogens is 2. The highest BCUT2D eigenvalue weighted by molar-refractivity contribution is 6.05.